The first-order valence-electron chi connectivity index (χ1n) is 7.31. The van der Waals surface area contributed by atoms with Gasteiger partial charge in [-0.25, -0.2) is 4.39 Å². The van der Waals surface area contributed by atoms with Gasteiger partial charge in [-0.3, -0.25) is 4.98 Å². The number of hydrogen-bond acceptors (Lipinski definition) is 3. The van der Waals surface area contributed by atoms with Crippen molar-refractivity contribution >= 4 is 22.3 Å². The van der Waals surface area contributed by atoms with Crippen LogP contribution in [0.15, 0.2) is 24.4 Å². The lowest BCUT2D eigenvalue weighted by Crippen LogP contribution is -2.22. The third-order valence-electron chi connectivity index (χ3n) is 4.89. The molecule has 1 saturated heterocycles. The van der Waals surface area contributed by atoms with Crippen LogP contribution in [0.4, 0.5) is 15.8 Å². The van der Waals surface area contributed by atoms with E-state index in [0.717, 1.165) is 30.3 Å². The van der Waals surface area contributed by atoms with Crippen molar-refractivity contribution in [2.24, 2.45) is 11.8 Å². The molecule has 0 spiro atoms. The van der Waals surface area contributed by atoms with E-state index in [-0.39, 0.29) is 5.82 Å². The monoisotopic (exact) mass is 271 g/mol. The molecule has 4 rings (SSSR count). The summed E-state index contributed by atoms with van der Waals surface area (Å²) in [4.78, 5) is 6.56. The molecule has 2 heterocycles. The summed E-state index contributed by atoms with van der Waals surface area (Å²) in [5.41, 5.74) is 7.73. The average Bonchev–Trinajstić information content (AvgIpc) is 3.00. The third-order valence-corrected chi connectivity index (χ3v) is 4.89. The lowest BCUT2D eigenvalue weighted by molar-refractivity contribution is 0.494. The van der Waals surface area contributed by atoms with Crippen molar-refractivity contribution in [1.29, 1.82) is 0 Å². The summed E-state index contributed by atoms with van der Waals surface area (Å²) in [7, 11) is 0. The standard InChI is InChI=1S/C16H18FN3/c17-13-7-14(18)12-5-2-6-19-15(12)16(13)20-8-10-3-1-4-11(10)9-20/h2,5-7,10-11H,1,3-4,8-9,18H2. The first kappa shape index (κ1) is 11.9. The van der Waals surface area contributed by atoms with Gasteiger partial charge >= 0.3 is 0 Å². The van der Waals surface area contributed by atoms with Crippen molar-refractivity contribution in [3.8, 4) is 0 Å². The number of halogens is 1. The van der Waals surface area contributed by atoms with Crippen molar-refractivity contribution < 1.29 is 4.39 Å². The highest BCUT2D eigenvalue weighted by Crippen LogP contribution is 2.42. The fraction of sp³-hybridized carbons (Fsp3) is 0.438. The number of anilines is 2. The van der Waals surface area contributed by atoms with E-state index < -0.39 is 0 Å². The summed E-state index contributed by atoms with van der Waals surface area (Å²) in [6, 6.07) is 5.20. The summed E-state index contributed by atoms with van der Waals surface area (Å²) in [5.74, 6) is 1.21. The van der Waals surface area contributed by atoms with Gasteiger partial charge in [-0.2, -0.15) is 0 Å². The van der Waals surface area contributed by atoms with E-state index in [4.69, 9.17) is 5.73 Å². The molecule has 0 amide bonds. The van der Waals surface area contributed by atoms with E-state index in [9.17, 15) is 4.39 Å². The highest BCUT2D eigenvalue weighted by Gasteiger charge is 2.37. The normalized spacial score (nSPS) is 25.4. The number of nitrogens with zero attached hydrogens (tertiary/aromatic N) is 2. The molecule has 2 fully saturated rings. The Balaban J connectivity index is 1.84. The zero-order chi connectivity index (χ0) is 13.7. The van der Waals surface area contributed by atoms with E-state index in [2.05, 4.69) is 9.88 Å². The zero-order valence-electron chi connectivity index (χ0n) is 11.3. The Labute approximate surface area is 117 Å². The molecule has 1 aromatic heterocycles. The highest BCUT2D eigenvalue weighted by atomic mass is 19.1. The van der Waals surface area contributed by atoms with Gasteiger partial charge in [-0.1, -0.05) is 6.42 Å². The quantitative estimate of drug-likeness (QED) is 0.810. The highest BCUT2D eigenvalue weighted by molar-refractivity contribution is 5.99. The number of rotatable bonds is 1. The first-order chi connectivity index (χ1) is 9.74. The lowest BCUT2D eigenvalue weighted by atomic mass is 10.0. The zero-order valence-corrected chi connectivity index (χ0v) is 11.3. The number of nitrogens with two attached hydrogens (primary N) is 1. The summed E-state index contributed by atoms with van der Waals surface area (Å²) < 4.78 is 14.4. The van der Waals surface area contributed by atoms with E-state index >= 15 is 0 Å². The fourth-order valence-corrected chi connectivity index (χ4v) is 3.94. The maximum Gasteiger partial charge on any atom is 0.150 e. The van der Waals surface area contributed by atoms with E-state index in [1.54, 1.807) is 6.20 Å². The minimum atomic E-state index is -0.242. The van der Waals surface area contributed by atoms with Crippen LogP contribution >= 0.6 is 0 Å². The van der Waals surface area contributed by atoms with E-state index in [0.29, 0.717) is 16.9 Å². The number of fused-ring (bicyclic) bond motifs is 2. The van der Waals surface area contributed by atoms with Gasteiger partial charge in [0.05, 0.1) is 11.2 Å². The molecular weight excluding hydrogens is 253 g/mol. The van der Waals surface area contributed by atoms with Gasteiger partial charge < -0.3 is 10.6 Å². The second-order valence-electron chi connectivity index (χ2n) is 6.05. The van der Waals surface area contributed by atoms with Crippen LogP contribution in [0.1, 0.15) is 19.3 Å². The Morgan fingerprint density at radius 1 is 1.25 bits per heavy atom. The smallest absolute Gasteiger partial charge is 0.150 e. The molecule has 20 heavy (non-hydrogen) atoms. The number of hydrogen-bond donors (Lipinski definition) is 1. The van der Waals surface area contributed by atoms with Gasteiger partial charge in [0.15, 0.2) is 5.82 Å². The molecule has 3 nitrogen and oxygen atoms in total. The third kappa shape index (κ3) is 1.67. The Hall–Kier alpha value is -1.84. The minimum Gasteiger partial charge on any atom is -0.398 e. The largest absolute Gasteiger partial charge is 0.398 e. The van der Waals surface area contributed by atoms with Crippen LogP contribution in [0.2, 0.25) is 0 Å². The molecule has 2 aromatic rings. The number of nitrogen functional groups attached to an aromatic ring is 1. The molecule has 2 atom stereocenters. The molecule has 2 unspecified atom stereocenters. The molecular formula is C16H18FN3. The topological polar surface area (TPSA) is 42.1 Å². The summed E-state index contributed by atoms with van der Waals surface area (Å²) in [6.07, 6.45) is 5.60. The fourth-order valence-electron chi connectivity index (χ4n) is 3.94. The Kier molecular flexibility index (Phi) is 2.59. The molecule has 1 saturated carbocycles. The second-order valence-corrected chi connectivity index (χ2v) is 6.05. The molecule has 4 heteroatoms. The molecule has 2 N–H and O–H groups in total. The predicted octanol–water partition coefficient (Wildman–Crippen LogP) is 3.19. The lowest BCUT2D eigenvalue weighted by Gasteiger charge is -2.22. The SMILES string of the molecule is Nc1cc(F)c(N2CC3CCCC3C2)c2ncccc12. The average molecular weight is 271 g/mol. The van der Waals surface area contributed by atoms with Gasteiger partial charge in [0.1, 0.15) is 0 Å². The van der Waals surface area contributed by atoms with Crippen molar-refractivity contribution in [3.63, 3.8) is 0 Å². The summed E-state index contributed by atoms with van der Waals surface area (Å²) >= 11 is 0. The van der Waals surface area contributed by atoms with E-state index in [1.807, 2.05) is 12.1 Å². The number of pyridine rings is 1. The van der Waals surface area contributed by atoms with Gasteiger partial charge in [0, 0.05) is 30.4 Å². The minimum absolute atomic E-state index is 0.242. The van der Waals surface area contributed by atoms with Crippen molar-refractivity contribution in [1.82, 2.24) is 4.98 Å². The van der Waals surface area contributed by atoms with Crippen molar-refractivity contribution in [3.05, 3.63) is 30.2 Å². The van der Waals surface area contributed by atoms with Crippen LogP contribution in [-0.2, 0) is 0 Å². The van der Waals surface area contributed by atoms with Crippen LogP contribution in [0.5, 0.6) is 0 Å². The summed E-state index contributed by atoms with van der Waals surface area (Å²) in [6.45, 7) is 1.91. The Morgan fingerprint density at radius 2 is 2.00 bits per heavy atom. The van der Waals surface area contributed by atoms with Crippen LogP contribution in [0, 0.1) is 17.7 Å². The molecule has 0 radical (unpaired) electrons. The second kappa shape index (κ2) is 4.33. The summed E-state index contributed by atoms with van der Waals surface area (Å²) in [5, 5.41) is 0.848. The van der Waals surface area contributed by atoms with Crippen LogP contribution < -0.4 is 10.6 Å². The Morgan fingerprint density at radius 3 is 2.75 bits per heavy atom. The van der Waals surface area contributed by atoms with Crippen molar-refractivity contribution in [2.75, 3.05) is 23.7 Å². The maximum absolute atomic E-state index is 14.4. The maximum atomic E-state index is 14.4. The number of aromatic nitrogens is 1. The van der Waals surface area contributed by atoms with Crippen LogP contribution in [-0.4, -0.2) is 18.1 Å². The molecule has 1 aliphatic carbocycles. The number of benzene rings is 1. The van der Waals surface area contributed by atoms with Crippen molar-refractivity contribution in [2.45, 2.75) is 19.3 Å². The molecule has 104 valence electrons. The van der Waals surface area contributed by atoms with Crippen LogP contribution in [0.3, 0.4) is 0 Å². The van der Waals surface area contributed by atoms with Gasteiger partial charge in [0.25, 0.3) is 0 Å². The first-order valence-corrected chi connectivity index (χ1v) is 7.31. The van der Waals surface area contributed by atoms with E-state index in [1.165, 1.54) is 25.3 Å². The molecule has 1 aliphatic heterocycles. The van der Waals surface area contributed by atoms with Gasteiger partial charge in [-0.05, 0) is 42.9 Å². The molecule has 2 aliphatic rings. The van der Waals surface area contributed by atoms with Crippen LogP contribution in [0.25, 0.3) is 10.9 Å². The van der Waals surface area contributed by atoms with Gasteiger partial charge in [0.2, 0.25) is 0 Å². The Bertz CT molecular complexity index is 658. The molecule has 1 aromatic carbocycles. The predicted molar refractivity (Wildman–Crippen MR) is 79.2 cm³/mol. The van der Waals surface area contributed by atoms with Gasteiger partial charge in [-0.15, -0.1) is 0 Å². The molecule has 0 bridgehead atoms.